The van der Waals surface area contributed by atoms with Crippen LogP contribution in [0.15, 0.2) is 182 Å². The maximum Gasteiger partial charge on any atom is 0.160 e. The van der Waals surface area contributed by atoms with Crippen molar-refractivity contribution in [1.82, 2.24) is 19.5 Å². The summed E-state index contributed by atoms with van der Waals surface area (Å²) in [7, 11) is 0. The number of hydrogen-bond donors (Lipinski definition) is 0. The van der Waals surface area contributed by atoms with Crippen LogP contribution in [-0.4, -0.2) is 19.5 Å². The van der Waals surface area contributed by atoms with Crippen LogP contribution in [0.2, 0.25) is 0 Å². The predicted molar refractivity (Wildman–Crippen MR) is 209 cm³/mol. The van der Waals surface area contributed by atoms with Crippen LogP contribution in [0.1, 0.15) is 22.5 Å². The summed E-state index contributed by atoms with van der Waals surface area (Å²) in [4.78, 5) is 15.8. The lowest BCUT2D eigenvalue weighted by Crippen LogP contribution is -2.27. The van der Waals surface area contributed by atoms with E-state index in [9.17, 15) is 0 Å². The van der Waals surface area contributed by atoms with Crippen molar-refractivity contribution in [3.8, 4) is 61.8 Å². The van der Waals surface area contributed by atoms with Crippen LogP contribution in [0, 0.1) is 0 Å². The first kappa shape index (κ1) is 28.9. The Hall–Kier alpha value is -6.91. The van der Waals surface area contributed by atoms with Gasteiger partial charge in [-0.05, 0) is 63.7 Å². The summed E-state index contributed by atoms with van der Waals surface area (Å²) < 4.78 is 2.40. The molecule has 2 aromatic heterocycles. The SMILES string of the molecule is c1ccc(-c2cc(-c3ccccc3)nc(-c3cccc(-c4cccc5c4C4(c6ccccc6-c6ccccc64)c4nc6ccccc6n4-5)c3)n2)cc1. The third-order valence-corrected chi connectivity index (χ3v) is 10.8. The highest BCUT2D eigenvalue weighted by Gasteiger charge is 2.55. The van der Waals surface area contributed by atoms with E-state index in [-0.39, 0.29) is 0 Å². The van der Waals surface area contributed by atoms with Gasteiger partial charge < -0.3 is 0 Å². The Balaban J connectivity index is 1.17. The lowest BCUT2D eigenvalue weighted by molar-refractivity contribution is 0.739. The Bertz CT molecular complexity index is 2750. The summed E-state index contributed by atoms with van der Waals surface area (Å²) in [6.07, 6.45) is 0. The first-order chi connectivity index (χ1) is 25.8. The van der Waals surface area contributed by atoms with E-state index < -0.39 is 5.41 Å². The molecule has 0 amide bonds. The highest BCUT2D eigenvalue weighted by Crippen LogP contribution is 2.62. The Kier molecular flexibility index (Phi) is 6.13. The van der Waals surface area contributed by atoms with Gasteiger partial charge in [0.05, 0.1) is 28.1 Å². The molecule has 0 fully saturated rings. The summed E-state index contributed by atoms with van der Waals surface area (Å²) in [5.41, 5.74) is 16.1. The second-order valence-corrected chi connectivity index (χ2v) is 13.6. The van der Waals surface area contributed by atoms with Gasteiger partial charge in [0.1, 0.15) is 11.2 Å². The van der Waals surface area contributed by atoms with Gasteiger partial charge in [0, 0.05) is 22.3 Å². The fraction of sp³-hybridized carbons (Fsp3) is 0.0208. The molecule has 1 spiro atoms. The van der Waals surface area contributed by atoms with Crippen molar-refractivity contribution in [1.29, 1.82) is 0 Å². The van der Waals surface area contributed by atoms with Crippen LogP contribution in [0.25, 0.3) is 72.9 Å². The molecule has 52 heavy (non-hydrogen) atoms. The Labute approximate surface area is 301 Å². The molecule has 0 atom stereocenters. The quantitative estimate of drug-likeness (QED) is 0.188. The van der Waals surface area contributed by atoms with Crippen molar-refractivity contribution in [3.63, 3.8) is 0 Å². The minimum atomic E-state index is -0.599. The summed E-state index contributed by atoms with van der Waals surface area (Å²) >= 11 is 0. The molecular weight excluding hydrogens is 633 g/mol. The first-order valence-corrected chi connectivity index (χ1v) is 17.7. The zero-order valence-electron chi connectivity index (χ0n) is 28.1. The predicted octanol–water partition coefficient (Wildman–Crippen LogP) is 11.2. The van der Waals surface area contributed by atoms with Crippen molar-refractivity contribution in [2.75, 3.05) is 0 Å². The molecule has 1 aliphatic carbocycles. The van der Waals surface area contributed by atoms with Gasteiger partial charge in [-0.25, -0.2) is 15.0 Å². The largest absolute Gasteiger partial charge is 0.295 e. The molecule has 0 N–H and O–H groups in total. The molecule has 1 aliphatic heterocycles. The molecule has 4 heteroatoms. The van der Waals surface area contributed by atoms with Crippen molar-refractivity contribution in [3.05, 3.63) is 205 Å². The van der Waals surface area contributed by atoms with Crippen LogP contribution in [0.4, 0.5) is 0 Å². The second-order valence-electron chi connectivity index (χ2n) is 13.6. The number of benzene rings is 7. The van der Waals surface area contributed by atoms with Gasteiger partial charge in [-0.1, -0.05) is 152 Å². The standard InChI is InChI=1S/C48H30N4/c1-3-15-31(16-4-1)41-30-42(32-17-5-2-6-18-32)50-46(49-41)34-20-13-19-33(29-34)35-23-14-28-44-45(35)48(47-51-40-26-11-12-27-43(40)52(44)47)38-24-9-7-21-36(38)37-22-8-10-25-39(37)48/h1-30H. The second kappa shape index (κ2) is 11.0. The van der Waals surface area contributed by atoms with E-state index in [0.29, 0.717) is 5.82 Å². The van der Waals surface area contributed by atoms with E-state index in [1.54, 1.807) is 0 Å². The number of para-hydroxylation sites is 2. The smallest absolute Gasteiger partial charge is 0.160 e. The fourth-order valence-electron chi connectivity index (χ4n) is 8.66. The molecule has 11 rings (SSSR count). The Morgan fingerprint density at radius 2 is 0.942 bits per heavy atom. The molecule has 2 aliphatic rings. The average Bonchev–Trinajstić information content (AvgIpc) is 3.85. The van der Waals surface area contributed by atoms with Gasteiger partial charge in [-0.2, -0.15) is 0 Å². The molecule has 0 saturated heterocycles. The van der Waals surface area contributed by atoms with E-state index in [1.165, 1.54) is 33.4 Å². The van der Waals surface area contributed by atoms with Gasteiger partial charge in [-0.15, -0.1) is 0 Å². The van der Waals surface area contributed by atoms with Crippen molar-refractivity contribution < 1.29 is 0 Å². The molecule has 0 unspecified atom stereocenters. The van der Waals surface area contributed by atoms with E-state index in [2.05, 4.69) is 174 Å². The highest BCUT2D eigenvalue weighted by molar-refractivity contribution is 5.95. The monoisotopic (exact) mass is 662 g/mol. The molecule has 9 aromatic rings. The molecule has 0 bridgehead atoms. The number of nitrogens with zero attached hydrogens (tertiary/aromatic N) is 4. The maximum absolute atomic E-state index is 5.46. The highest BCUT2D eigenvalue weighted by atomic mass is 15.1. The number of rotatable bonds is 4. The van der Waals surface area contributed by atoms with Crippen LogP contribution < -0.4 is 0 Å². The van der Waals surface area contributed by atoms with Gasteiger partial charge in [-0.3, -0.25) is 4.57 Å². The number of hydrogen-bond acceptors (Lipinski definition) is 3. The molecular formula is C48H30N4. The molecule has 4 nitrogen and oxygen atoms in total. The van der Waals surface area contributed by atoms with Gasteiger partial charge >= 0.3 is 0 Å². The average molecular weight is 663 g/mol. The Morgan fingerprint density at radius 1 is 0.404 bits per heavy atom. The van der Waals surface area contributed by atoms with Crippen molar-refractivity contribution in [2.24, 2.45) is 0 Å². The molecule has 0 saturated carbocycles. The van der Waals surface area contributed by atoms with Crippen molar-refractivity contribution in [2.45, 2.75) is 5.41 Å². The zero-order valence-corrected chi connectivity index (χ0v) is 28.1. The lowest BCUT2D eigenvalue weighted by Gasteiger charge is -2.29. The van der Waals surface area contributed by atoms with E-state index >= 15 is 0 Å². The van der Waals surface area contributed by atoms with Crippen LogP contribution >= 0.6 is 0 Å². The first-order valence-electron chi connectivity index (χ1n) is 17.7. The van der Waals surface area contributed by atoms with Crippen molar-refractivity contribution >= 4 is 11.0 Å². The maximum atomic E-state index is 5.46. The molecule has 0 radical (unpaired) electrons. The topological polar surface area (TPSA) is 43.6 Å². The van der Waals surface area contributed by atoms with E-state index in [4.69, 9.17) is 15.0 Å². The minimum Gasteiger partial charge on any atom is -0.295 e. The summed E-state index contributed by atoms with van der Waals surface area (Å²) in [5.74, 6) is 1.73. The van der Waals surface area contributed by atoms with Crippen LogP contribution in [0.5, 0.6) is 0 Å². The van der Waals surface area contributed by atoms with Gasteiger partial charge in [0.15, 0.2) is 5.82 Å². The third-order valence-electron chi connectivity index (χ3n) is 10.8. The number of imidazole rings is 1. The Morgan fingerprint density at radius 3 is 1.63 bits per heavy atom. The minimum absolute atomic E-state index is 0.599. The fourth-order valence-corrected chi connectivity index (χ4v) is 8.66. The summed E-state index contributed by atoms with van der Waals surface area (Å²) in [6, 6.07) is 64.5. The summed E-state index contributed by atoms with van der Waals surface area (Å²) in [6.45, 7) is 0. The number of fused-ring (bicyclic) bond motifs is 12. The molecule has 242 valence electrons. The normalized spacial score (nSPS) is 13.2. The lowest BCUT2D eigenvalue weighted by atomic mass is 9.70. The number of aromatic nitrogens is 4. The molecule has 7 aromatic carbocycles. The van der Waals surface area contributed by atoms with Gasteiger partial charge in [0.25, 0.3) is 0 Å². The van der Waals surface area contributed by atoms with E-state index in [0.717, 1.165) is 56.2 Å². The van der Waals surface area contributed by atoms with Crippen LogP contribution in [-0.2, 0) is 5.41 Å². The molecule has 3 heterocycles. The summed E-state index contributed by atoms with van der Waals surface area (Å²) in [5, 5.41) is 0. The third kappa shape index (κ3) is 4.00. The van der Waals surface area contributed by atoms with Crippen LogP contribution in [0.3, 0.4) is 0 Å². The van der Waals surface area contributed by atoms with E-state index in [1.807, 2.05) is 12.1 Å². The van der Waals surface area contributed by atoms with Gasteiger partial charge in [0.2, 0.25) is 0 Å². The zero-order chi connectivity index (χ0) is 34.2.